The Bertz CT molecular complexity index is 1110. The van der Waals surface area contributed by atoms with Crippen LogP contribution in [0.2, 0.25) is 0 Å². The zero-order chi connectivity index (χ0) is 47.8. The SMILES string of the molecule is CCCCCCCC/C=C\CCCCCCCC(=O)NC(COP(=O)([O-])OCC[N+](C)(C)C)C(O)/C=C/CCCCCCCCCCCCCCCCCCCCCCCCCCCC. The summed E-state index contributed by atoms with van der Waals surface area (Å²) in [5, 5.41) is 13.9. The molecule has 2 N–H and O–H groups in total. The Morgan fingerprint density at radius 1 is 0.523 bits per heavy atom. The normalized spacial score (nSPS) is 14.1. The monoisotopic (exact) mass is 939 g/mol. The molecule has 3 atom stereocenters. The van der Waals surface area contributed by atoms with E-state index in [0.717, 1.165) is 51.4 Å². The minimum Gasteiger partial charge on any atom is -0.756 e. The highest BCUT2D eigenvalue weighted by Gasteiger charge is 2.23. The van der Waals surface area contributed by atoms with Crippen LogP contribution in [0.1, 0.15) is 277 Å². The van der Waals surface area contributed by atoms with Gasteiger partial charge in [-0.25, -0.2) is 0 Å². The van der Waals surface area contributed by atoms with Crippen LogP contribution < -0.4 is 10.2 Å². The first-order chi connectivity index (χ1) is 31.5. The van der Waals surface area contributed by atoms with Crippen molar-refractivity contribution >= 4 is 13.7 Å². The van der Waals surface area contributed by atoms with Gasteiger partial charge in [-0.2, -0.15) is 0 Å². The average Bonchev–Trinajstić information content (AvgIpc) is 3.26. The lowest BCUT2D eigenvalue weighted by Crippen LogP contribution is -2.45. The highest BCUT2D eigenvalue weighted by Crippen LogP contribution is 2.38. The summed E-state index contributed by atoms with van der Waals surface area (Å²) >= 11 is 0. The number of phosphoric acid groups is 1. The Hall–Kier alpha value is -1.02. The quantitative estimate of drug-likeness (QED) is 0.0272. The number of hydrogen-bond donors (Lipinski definition) is 2. The van der Waals surface area contributed by atoms with Crippen molar-refractivity contribution in [2.75, 3.05) is 40.9 Å². The summed E-state index contributed by atoms with van der Waals surface area (Å²) in [6, 6.07) is -0.889. The van der Waals surface area contributed by atoms with E-state index in [1.165, 1.54) is 205 Å². The van der Waals surface area contributed by atoms with Gasteiger partial charge in [-0.15, -0.1) is 0 Å². The summed E-state index contributed by atoms with van der Waals surface area (Å²) < 4.78 is 23.3. The molecule has 0 heterocycles. The molecule has 0 aromatic carbocycles. The van der Waals surface area contributed by atoms with Crippen molar-refractivity contribution < 1.29 is 32.9 Å². The van der Waals surface area contributed by atoms with E-state index in [0.29, 0.717) is 17.4 Å². The number of carbonyl (C=O) groups excluding carboxylic acids is 1. The van der Waals surface area contributed by atoms with Gasteiger partial charge >= 0.3 is 0 Å². The maximum atomic E-state index is 12.9. The molecule has 0 aliphatic carbocycles. The van der Waals surface area contributed by atoms with E-state index in [1.807, 2.05) is 27.2 Å². The van der Waals surface area contributed by atoms with Crippen LogP contribution in [-0.4, -0.2) is 68.5 Å². The highest BCUT2D eigenvalue weighted by atomic mass is 31.2. The zero-order valence-electron chi connectivity index (χ0n) is 44.0. The lowest BCUT2D eigenvalue weighted by Gasteiger charge is -2.29. The average molecular weight is 939 g/mol. The van der Waals surface area contributed by atoms with Gasteiger partial charge in [0.1, 0.15) is 13.2 Å². The summed E-state index contributed by atoms with van der Waals surface area (Å²) in [5.74, 6) is -0.203. The number of phosphoric ester groups is 1. The number of aliphatic hydroxyl groups excluding tert-OH is 1. The molecule has 386 valence electrons. The van der Waals surface area contributed by atoms with Gasteiger partial charge < -0.3 is 28.8 Å². The van der Waals surface area contributed by atoms with E-state index >= 15 is 0 Å². The molecule has 0 aliphatic heterocycles. The zero-order valence-corrected chi connectivity index (χ0v) is 44.9. The van der Waals surface area contributed by atoms with E-state index < -0.39 is 20.0 Å². The molecule has 65 heavy (non-hydrogen) atoms. The van der Waals surface area contributed by atoms with Crippen LogP contribution in [0.15, 0.2) is 24.3 Å². The summed E-state index contributed by atoms with van der Waals surface area (Å²) in [6.45, 7) is 4.67. The molecule has 0 rings (SSSR count). The van der Waals surface area contributed by atoms with Crippen molar-refractivity contribution in [3.8, 4) is 0 Å². The van der Waals surface area contributed by atoms with Crippen molar-refractivity contribution in [3.05, 3.63) is 24.3 Å². The standard InChI is InChI=1S/C56H111N2O6P/c1-6-8-10-12-14-16-18-20-22-23-24-25-26-27-28-29-30-31-32-33-34-36-37-39-41-43-45-47-49-55(59)54(53-64-65(61,62)63-52-51-58(3,4)5)57-56(60)50-48-46-44-42-40-38-35-21-19-17-15-13-11-9-7-2/h21,35,47,49,54-55,59H,6-20,22-34,36-46,48,50-53H2,1-5H3,(H-,57,60,61,62)/b35-21-,49-47+. The number of hydrogen-bond acceptors (Lipinski definition) is 6. The first-order valence-corrected chi connectivity index (χ1v) is 29.7. The maximum absolute atomic E-state index is 12.9. The van der Waals surface area contributed by atoms with E-state index in [2.05, 4.69) is 31.3 Å². The van der Waals surface area contributed by atoms with Crippen LogP contribution in [0.25, 0.3) is 0 Å². The van der Waals surface area contributed by atoms with Crippen molar-refractivity contribution in [1.82, 2.24) is 5.32 Å². The van der Waals surface area contributed by atoms with E-state index in [4.69, 9.17) is 9.05 Å². The number of amides is 1. The molecule has 0 aliphatic rings. The maximum Gasteiger partial charge on any atom is 0.268 e. The Morgan fingerprint density at radius 2 is 0.846 bits per heavy atom. The molecule has 0 spiro atoms. The van der Waals surface area contributed by atoms with Crippen LogP contribution in [0.4, 0.5) is 0 Å². The fourth-order valence-electron chi connectivity index (χ4n) is 8.44. The van der Waals surface area contributed by atoms with Gasteiger partial charge in [0.2, 0.25) is 5.91 Å². The van der Waals surface area contributed by atoms with Gasteiger partial charge in [-0.05, 0) is 44.9 Å². The van der Waals surface area contributed by atoms with E-state index in [9.17, 15) is 19.4 Å². The minimum atomic E-state index is -4.59. The molecule has 0 fully saturated rings. The molecular weight excluding hydrogens is 828 g/mol. The molecule has 0 saturated carbocycles. The molecule has 0 aromatic rings. The lowest BCUT2D eigenvalue weighted by molar-refractivity contribution is -0.870. The van der Waals surface area contributed by atoms with Crippen molar-refractivity contribution in [1.29, 1.82) is 0 Å². The molecule has 9 heteroatoms. The Kier molecular flexibility index (Phi) is 47.3. The van der Waals surface area contributed by atoms with Crippen LogP contribution in [-0.2, 0) is 18.4 Å². The molecule has 8 nitrogen and oxygen atoms in total. The summed E-state index contributed by atoms with van der Waals surface area (Å²) in [6.07, 6.45) is 59.7. The number of rotatable bonds is 52. The molecule has 0 bridgehead atoms. The minimum absolute atomic E-state index is 0.00112. The topological polar surface area (TPSA) is 108 Å². The Morgan fingerprint density at radius 3 is 1.20 bits per heavy atom. The van der Waals surface area contributed by atoms with Gasteiger partial charge in [0.25, 0.3) is 7.82 Å². The van der Waals surface area contributed by atoms with Gasteiger partial charge in [0, 0.05) is 6.42 Å². The lowest BCUT2D eigenvalue weighted by atomic mass is 10.0. The van der Waals surface area contributed by atoms with Crippen molar-refractivity contribution in [2.24, 2.45) is 0 Å². The Balaban J connectivity index is 4.15. The van der Waals surface area contributed by atoms with Gasteiger partial charge in [0.15, 0.2) is 0 Å². The highest BCUT2D eigenvalue weighted by molar-refractivity contribution is 7.45. The third-order valence-electron chi connectivity index (χ3n) is 12.9. The number of carbonyl (C=O) groups is 1. The van der Waals surface area contributed by atoms with Crippen molar-refractivity contribution in [2.45, 2.75) is 289 Å². The molecule has 0 radical (unpaired) electrons. The molecular formula is C56H111N2O6P. The summed E-state index contributed by atoms with van der Waals surface area (Å²) in [5.41, 5.74) is 0. The predicted molar refractivity (Wildman–Crippen MR) is 279 cm³/mol. The third kappa shape index (κ3) is 50.7. The summed E-state index contributed by atoms with van der Waals surface area (Å²) in [7, 11) is 1.26. The fourth-order valence-corrected chi connectivity index (χ4v) is 9.17. The van der Waals surface area contributed by atoms with Crippen molar-refractivity contribution in [3.63, 3.8) is 0 Å². The second-order valence-corrected chi connectivity index (χ2v) is 22.1. The van der Waals surface area contributed by atoms with Crippen LogP contribution in [0.3, 0.4) is 0 Å². The van der Waals surface area contributed by atoms with Gasteiger partial charge in [-0.1, -0.05) is 250 Å². The Labute approximate surface area is 404 Å². The van der Waals surface area contributed by atoms with Crippen LogP contribution in [0.5, 0.6) is 0 Å². The predicted octanol–water partition coefficient (Wildman–Crippen LogP) is 16.2. The number of quaternary nitrogens is 1. The number of aliphatic hydroxyl groups is 1. The number of allylic oxidation sites excluding steroid dienone is 3. The number of unbranched alkanes of at least 4 members (excludes halogenated alkanes) is 37. The van der Waals surface area contributed by atoms with E-state index in [-0.39, 0.29) is 19.1 Å². The van der Waals surface area contributed by atoms with Crippen LogP contribution >= 0.6 is 7.82 Å². The third-order valence-corrected chi connectivity index (χ3v) is 13.9. The first kappa shape index (κ1) is 64.0. The fraction of sp³-hybridized carbons (Fsp3) is 0.911. The van der Waals surface area contributed by atoms with Gasteiger partial charge in [-0.3, -0.25) is 9.36 Å². The molecule has 3 unspecified atom stereocenters. The molecule has 0 saturated heterocycles. The van der Waals surface area contributed by atoms with Crippen LogP contribution in [0, 0.1) is 0 Å². The second kappa shape index (κ2) is 48.0. The summed E-state index contributed by atoms with van der Waals surface area (Å²) in [4.78, 5) is 25.4. The molecule has 1 amide bonds. The largest absolute Gasteiger partial charge is 0.756 e. The number of nitrogens with one attached hydrogen (secondary N) is 1. The number of nitrogens with zero attached hydrogens (tertiary/aromatic N) is 1. The smallest absolute Gasteiger partial charge is 0.268 e. The number of likely N-dealkylation sites (N-methyl/N-ethyl adjacent to an activating group) is 1. The van der Waals surface area contributed by atoms with E-state index in [1.54, 1.807) is 6.08 Å². The van der Waals surface area contributed by atoms with Gasteiger partial charge in [0.05, 0.1) is 39.9 Å². The second-order valence-electron chi connectivity index (χ2n) is 20.6. The first-order valence-electron chi connectivity index (χ1n) is 28.2. The molecule has 0 aromatic heterocycles.